The molecule has 26 heavy (non-hydrogen) atoms. The molecule has 1 aromatic heterocycles. The van der Waals surface area contributed by atoms with E-state index >= 15 is 0 Å². The van der Waals surface area contributed by atoms with Crippen molar-refractivity contribution in [3.05, 3.63) is 46.4 Å². The molecule has 136 valence electrons. The van der Waals surface area contributed by atoms with E-state index in [1.807, 2.05) is 6.92 Å². The lowest BCUT2D eigenvalue weighted by Crippen LogP contribution is -2.36. The van der Waals surface area contributed by atoms with E-state index in [0.717, 1.165) is 22.7 Å². The Bertz CT molecular complexity index is 798. The number of ether oxygens (including phenoxy) is 2. The Morgan fingerprint density at radius 3 is 2.77 bits per heavy atom. The quantitative estimate of drug-likeness (QED) is 0.496. The van der Waals surface area contributed by atoms with Gasteiger partial charge in [0.15, 0.2) is 6.10 Å². The van der Waals surface area contributed by atoms with Crippen LogP contribution in [0.2, 0.25) is 0 Å². The van der Waals surface area contributed by atoms with Crippen LogP contribution >= 0.6 is 11.3 Å². The number of aryl methyl sites for hydroxylation is 1. The minimum absolute atomic E-state index is 0.0820. The SMILES string of the molecule is Cc1ncc(/C=C/C(=O)Oc2ccc(OC3CCCCNC3=O)cc2)s1. The van der Waals surface area contributed by atoms with Crippen LogP contribution in [0.1, 0.15) is 29.1 Å². The normalized spacial score (nSPS) is 17.6. The van der Waals surface area contributed by atoms with Crippen molar-refractivity contribution in [2.24, 2.45) is 0 Å². The Labute approximate surface area is 155 Å². The molecule has 1 amide bonds. The van der Waals surface area contributed by atoms with Crippen LogP contribution in [-0.2, 0) is 9.59 Å². The Morgan fingerprint density at radius 2 is 2.04 bits per heavy atom. The van der Waals surface area contributed by atoms with Crippen molar-refractivity contribution >= 4 is 29.3 Å². The Balaban J connectivity index is 1.54. The molecule has 3 rings (SSSR count). The zero-order chi connectivity index (χ0) is 18.4. The second kappa shape index (κ2) is 8.62. The zero-order valence-electron chi connectivity index (χ0n) is 14.4. The van der Waals surface area contributed by atoms with E-state index in [9.17, 15) is 9.59 Å². The van der Waals surface area contributed by atoms with Gasteiger partial charge in [-0.05, 0) is 56.5 Å². The number of nitrogens with one attached hydrogen (secondary N) is 1. The Hall–Kier alpha value is -2.67. The van der Waals surface area contributed by atoms with Crippen molar-refractivity contribution in [2.45, 2.75) is 32.3 Å². The minimum Gasteiger partial charge on any atom is -0.481 e. The van der Waals surface area contributed by atoms with Crippen LogP contribution in [0.15, 0.2) is 36.5 Å². The summed E-state index contributed by atoms with van der Waals surface area (Å²) in [6, 6.07) is 6.67. The van der Waals surface area contributed by atoms with E-state index in [1.54, 1.807) is 36.5 Å². The molecule has 1 saturated heterocycles. The molecule has 1 fully saturated rings. The summed E-state index contributed by atoms with van der Waals surface area (Å²) in [5, 5.41) is 3.78. The van der Waals surface area contributed by atoms with Gasteiger partial charge in [-0.2, -0.15) is 0 Å². The first-order chi connectivity index (χ1) is 12.6. The molecule has 1 unspecified atom stereocenters. The fourth-order valence-corrected chi connectivity index (χ4v) is 3.22. The first-order valence-corrected chi connectivity index (χ1v) is 9.28. The van der Waals surface area contributed by atoms with Crippen LogP contribution in [0, 0.1) is 6.92 Å². The van der Waals surface area contributed by atoms with Crippen molar-refractivity contribution < 1.29 is 19.1 Å². The summed E-state index contributed by atoms with van der Waals surface area (Å²) in [5.41, 5.74) is 0. The molecule has 0 aliphatic carbocycles. The van der Waals surface area contributed by atoms with Gasteiger partial charge in [0.1, 0.15) is 11.5 Å². The Kier molecular flexibility index (Phi) is 6.01. The lowest BCUT2D eigenvalue weighted by molar-refractivity contribution is -0.129. The number of nitrogens with zero attached hydrogens (tertiary/aromatic N) is 1. The monoisotopic (exact) mass is 372 g/mol. The molecule has 1 aliphatic rings. The van der Waals surface area contributed by atoms with Gasteiger partial charge in [-0.15, -0.1) is 11.3 Å². The average Bonchev–Trinajstić information content (AvgIpc) is 2.94. The number of carbonyl (C=O) groups excluding carboxylic acids is 2. The van der Waals surface area contributed by atoms with Gasteiger partial charge in [-0.3, -0.25) is 4.79 Å². The lowest BCUT2D eigenvalue weighted by Gasteiger charge is -2.15. The summed E-state index contributed by atoms with van der Waals surface area (Å²) in [7, 11) is 0. The van der Waals surface area contributed by atoms with Gasteiger partial charge in [0, 0.05) is 23.7 Å². The Morgan fingerprint density at radius 1 is 1.27 bits per heavy atom. The number of benzene rings is 1. The van der Waals surface area contributed by atoms with E-state index in [2.05, 4.69) is 10.3 Å². The zero-order valence-corrected chi connectivity index (χ0v) is 15.3. The van der Waals surface area contributed by atoms with Gasteiger partial charge in [0.2, 0.25) is 0 Å². The highest BCUT2D eigenvalue weighted by molar-refractivity contribution is 7.12. The predicted octanol–water partition coefficient (Wildman–Crippen LogP) is 3.12. The van der Waals surface area contributed by atoms with E-state index in [1.165, 1.54) is 17.4 Å². The van der Waals surface area contributed by atoms with Crippen LogP contribution in [-0.4, -0.2) is 29.5 Å². The number of thiazole rings is 1. The molecular formula is C19H20N2O4S. The van der Waals surface area contributed by atoms with Crippen molar-refractivity contribution in [1.29, 1.82) is 0 Å². The molecule has 1 aromatic carbocycles. The van der Waals surface area contributed by atoms with Crippen molar-refractivity contribution in [2.75, 3.05) is 6.54 Å². The molecular weight excluding hydrogens is 352 g/mol. The fourth-order valence-electron chi connectivity index (χ4n) is 2.53. The molecule has 2 heterocycles. The first kappa shape index (κ1) is 18.1. The molecule has 1 aliphatic heterocycles. The van der Waals surface area contributed by atoms with Crippen LogP contribution in [0.3, 0.4) is 0 Å². The highest BCUT2D eigenvalue weighted by Crippen LogP contribution is 2.21. The second-order valence-corrected chi connectivity index (χ2v) is 7.17. The van der Waals surface area contributed by atoms with E-state index in [-0.39, 0.29) is 5.91 Å². The van der Waals surface area contributed by atoms with Crippen molar-refractivity contribution in [1.82, 2.24) is 10.3 Å². The largest absolute Gasteiger partial charge is 0.481 e. The third kappa shape index (κ3) is 5.16. The smallest absolute Gasteiger partial charge is 0.336 e. The molecule has 0 spiro atoms. The van der Waals surface area contributed by atoms with Gasteiger partial charge in [-0.1, -0.05) is 0 Å². The number of rotatable bonds is 5. The number of hydrogen-bond donors (Lipinski definition) is 1. The standard InChI is InChI=1S/C19H20N2O4S/c1-13-21-12-16(26-13)9-10-18(22)25-15-7-5-14(6-8-15)24-17-4-2-3-11-20-19(17)23/h5-10,12,17H,2-4,11H2,1H3,(H,20,23)/b10-9+. The van der Waals surface area contributed by atoms with E-state index < -0.39 is 12.1 Å². The number of aromatic nitrogens is 1. The summed E-state index contributed by atoms with van der Waals surface area (Å²) >= 11 is 1.50. The van der Waals surface area contributed by atoms with Crippen LogP contribution < -0.4 is 14.8 Å². The van der Waals surface area contributed by atoms with Crippen LogP contribution in [0.25, 0.3) is 6.08 Å². The molecule has 6 nitrogen and oxygen atoms in total. The number of amides is 1. The van der Waals surface area contributed by atoms with Gasteiger partial charge < -0.3 is 14.8 Å². The maximum absolute atomic E-state index is 11.9. The molecule has 2 aromatic rings. The fraction of sp³-hybridized carbons (Fsp3) is 0.316. The van der Waals surface area contributed by atoms with Crippen LogP contribution in [0.4, 0.5) is 0 Å². The highest BCUT2D eigenvalue weighted by Gasteiger charge is 2.22. The molecule has 0 saturated carbocycles. The summed E-state index contributed by atoms with van der Waals surface area (Å²) in [4.78, 5) is 28.8. The second-order valence-electron chi connectivity index (χ2n) is 5.90. The first-order valence-electron chi connectivity index (χ1n) is 8.47. The average molecular weight is 372 g/mol. The van der Waals surface area contributed by atoms with Gasteiger partial charge >= 0.3 is 5.97 Å². The molecule has 0 radical (unpaired) electrons. The van der Waals surface area contributed by atoms with Gasteiger partial charge in [0.25, 0.3) is 5.91 Å². The lowest BCUT2D eigenvalue weighted by atomic mass is 10.2. The summed E-state index contributed by atoms with van der Waals surface area (Å²) < 4.78 is 11.0. The summed E-state index contributed by atoms with van der Waals surface area (Å²) in [6.07, 6.45) is 6.89. The number of carbonyl (C=O) groups is 2. The summed E-state index contributed by atoms with van der Waals surface area (Å²) in [6.45, 7) is 2.60. The molecule has 7 heteroatoms. The van der Waals surface area contributed by atoms with E-state index in [4.69, 9.17) is 9.47 Å². The van der Waals surface area contributed by atoms with Gasteiger partial charge in [-0.25, -0.2) is 9.78 Å². The van der Waals surface area contributed by atoms with E-state index in [0.29, 0.717) is 24.5 Å². The number of esters is 1. The number of hydrogen-bond acceptors (Lipinski definition) is 6. The minimum atomic E-state index is -0.475. The molecule has 1 N–H and O–H groups in total. The topological polar surface area (TPSA) is 77.5 Å². The van der Waals surface area contributed by atoms with Crippen molar-refractivity contribution in [3.63, 3.8) is 0 Å². The van der Waals surface area contributed by atoms with Crippen LogP contribution in [0.5, 0.6) is 11.5 Å². The molecule has 0 bridgehead atoms. The summed E-state index contributed by atoms with van der Waals surface area (Å²) in [5.74, 6) is 0.439. The maximum atomic E-state index is 11.9. The highest BCUT2D eigenvalue weighted by atomic mass is 32.1. The third-order valence-corrected chi connectivity index (χ3v) is 4.71. The predicted molar refractivity (Wildman–Crippen MR) is 99.2 cm³/mol. The van der Waals surface area contributed by atoms with Gasteiger partial charge in [0.05, 0.1) is 5.01 Å². The third-order valence-electron chi connectivity index (χ3n) is 3.83. The maximum Gasteiger partial charge on any atom is 0.336 e. The van der Waals surface area contributed by atoms with Crippen molar-refractivity contribution in [3.8, 4) is 11.5 Å². The molecule has 1 atom stereocenters.